The molecule has 0 saturated heterocycles. The van der Waals surface area contributed by atoms with Gasteiger partial charge in [0.05, 0.1) is 6.07 Å². The van der Waals surface area contributed by atoms with Crippen molar-refractivity contribution < 1.29 is 4.79 Å². The predicted molar refractivity (Wildman–Crippen MR) is 63.6 cm³/mol. The molecule has 0 radical (unpaired) electrons. The Morgan fingerprint density at radius 2 is 2.00 bits per heavy atom. The van der Waals surface area contributed by atoms with Crippen LogP contribution >= 0.6 is 0 Å². The first-order valence-electron chi connectivity index (χ1n) is 6.15. The van der Waals surface area contributed by atoms with Crippen LogP contribution in [0.4, 0.5) is 0 Å². The molecule has 0 aromatic carbocycles. The Bertz CT molecular complexity index is 306. The average Bonchev–Trinajstić information content (AvgIpc) is 2.24. The first-order valence-corrected chi connectivity index (χ1v) is 6.15. The maximum atomic E-state index is 12.1. The average molecular weight is 222 g/mol. The number of carbonyl (C=O) groups is 1. The Morgan fingerprint density at radius 1 is 1.50 bits per heavy atom. The summed E-state index contributed by atoms with van der Waals surface area (Å²) in [5.74, 6) is 0.430. The topological polar surface area (TPSA) is 52.9 Å². The summed E-state index contributed by atoms with van der Waals surface area (Å²) in [5, 5.41) is 12.2. The van der Waals surface area contributed by atoms with E-state index in [0.717, 1.165) is 12.8 Å². The molecule has 1 aliphatic rings. The minimum atomic E-state index is -0.745. The zero-order valence-electron chi connectivity index (χ0n) is 10.8. The summed E-state index contributed by atoms with van der Waals surface area (Å²) >= 11 is 0. The van der Waals surface area contributed by atoms with Crippen molar-refractivity contribution in [2.24, 2.45) is 11.3 Å². The van der Waals surface area contributed by atoms with Gasteiger partial charge in [0, 0.05) is 5.54 Å². The molecule has 1 amide bonds. The maximum absolute atomic E-state index is 12.1. The smallest absolute Gasteiger partial charge is 0.240 e. The lowest BCUT2D eigenvalue weighted by atomic mass is 9.62. The molecule has 90 valence electrons. The number of nitrogens with zero attached hydrogens (tertiary/aromatic N) is 1. The molecular formula is C13H22N2O. The summed E-state index contributed by atoms with van der Waals surface area (Å²) in [6.07, 6.45) is 3.20. The zero-order chi connectivity index (χ0) is 12.4. The molecule has 16 heavy (non-hydrogen) atoms. The molecule has 0 unspecified atom stereocenters. The van der Waals surface area contributed by atoms with E-state index < -0.39 is 5.41 Å². The molecule has 1 aliphatic carbocycles. The quantitative estimate of drug-likeness (QED) is 0.795. The standard InChI is InChI=1S/C13H22N2O/c1-5-12(4,6-2)15-11(16)13(9-14)7-10(3)8-13/h10H,5-8H2,1-4H3,(H,15,16). The lowest BCUT2D eigenvalue weighted by Gasteiger charge is -2.42. The maximum Gasteiger partial charge on any atom is 0.240 e. The molecule has 0 spiro atoms. The summed E-state index contributed by atoms with van der Waals surface area (Å²) in [6, 6.07) is 2.20. The molecule has 0 heterocycles. The van der Waals surface area contributed by atoms with Gasteiger partial charge in [-0.3, -0.25) is 4.79 Å². The summed E-state index contributed by atoms with van der Waals surface area (Å²) in [7, 11) is 0. The van der Waals surface area contributed by atoms with Crippen LogP contribution in [0.15, 0.2) is 0 Å². The number of hydrogen-bond acceptors (Lipinski definition) is 2. The van der Waals surface area contributed by atoms with Gasteiger partial charge in [-0.2, -0.15) is 5.26 Å². The third-order valence-corrected chi connectivity index (χ3v) is 4.02. The fourth-order valence-electron chi connectivity index (χ4n) is 2.28. The Morgan fingerprint density at radius 3 is 2.31 bits per heavy atom. The van der Waals surface area contributed by atoms with E-state index in [2.05, 4.69) is 32.2 Å². The fourth-order valence-corrected chi connectivity index (χ4v) is 2.28. The van der Waals surface area contributed by atoms with Crippen LogP contribution in [-0.2, 0) is 4.79 Å². The normalized spacial score (nSPS) is 29.1. The van der Waals surface area contributed by atoms with Gasteiger partial charge in [0.15, 0.2) is 0 Å². The molecule has 3 nitrogen and oxygen atoms in total. The zero-order valence-corrected chi connectivity index (χ0v) is 10.8. The molecular weight excluding hydrogens is 200 g/mol. The van der Waals surface area contributed by atoms with Crippen LogP contribution in [0.25, 0.3) is 0 Å². The molecule has 0 aromatic rings. The molecule has 1 fully saturated rings. The number of nitrogens with one attached hydrogen (secondary N) is 1. The van der Waals surface area contributed by atoms with Gasteiger partial charge in [-0.05, 0) is 38.5 Å². The van der Waals surface area contributed by atoms with Crippen molar-refractivity contribution in [1.82, 2.24) is 5.32 Å². The summed E-state index contributed by atoms with van der Waals surface area (Å²) in [5.41, 5.74) is -0.912. The molecule has 0 atom stereocenters. The molecule has 0 bridgehead atoms. The largest absolute Gasteiger partial charge is 0.350 e. The van der Waals surface area contributed by atoms with Crippen LogP contribution in [0.1, 0.15) is 53.4 Å². The highest BCUT2D eigenvalue weighted by Crippen LogP contribution is 2.45. The van der Waals surface area contributed by atoms with Crippen molar-refractivity contribution >= 4 is 5.91 Å². The van der Waals surface area contributed by atoms with Gasteiger partial charge in [0.25, 0.3) is 0 Å². The minimum absolute atomic E-state index is 0.0701. The van der Waals surface area contributed by atoms with Crippen molar-refractivity contribution in [3.05, 3.63) is 0 Å². The lowest BCUT2D eigenvalue weighted by molar-refractivity contribution is -0.136. The number of amides is 1. The van der Waals surface area contributed by atoms with Crippen LogP contribution in [0, 0.1) is 22.7 Å². The van der Waals surface area contributed by atoms with Crippen LogP contribution < -0.4 is 5.32 Å². The second kappa shape index (κ2) is 4.45. The van der Waals surface area contributed by atoms with Gasteiger partial charge in [0.2, 0.25) is 5.91 Å². The third kappa shape index (κ3) is 2.21. The number of nitriles is 1. The van der Waals surface area contributed by atoms with Crippen LogP contribution in [-0.4, -0.2) is 11.4 Å². The van der Waals surface area contributed by atoms with Crippen molar-refractivity contribution in [2.75, 3.05) is 0 Å². The monoisotopic (exact) mass is 222 g/mol. The van der Waals surface area contributed by atoms with Gasteiger partial charge >= 0.3 is 0 Å². The van der Waals surface area contributed by atoms with Gasteiger partial charge in [0.1, 0.15) is 5.41 Å². The molecule has 3 heteroatoms. The van der Waals surface area contributed by atoms with E-state index >= 15 is 0 Å². The fraction of sp³-hybridized carbons (Fsp3) is 0.846. The number of rotatable bonds is 4. The van der Waals surface area contributed by atoms with E-state index in [1.807, 2.05) is 6.92 Å². The summed E-state index contributed by atoms with van der Waals surface area (Å²) in [4.78, 5) is 12.1. The highest BCUT2D eigenvalue weighted by Gasteiger charge is 2.49. The Kier molecular flexibility index (Phi) is 3.62. The van der Waals surface area contributed by atoms with Crippen molar-refractivity contribution in [3.8, 4) is 6.07 Å². The highest BCUT2D eigenvalue weighted by atomic mass is 16.2. The van der Waals surface area contributed by atoms with Crippen molar-refractivity contribution in [2.45, 2.75) is 58.9 Å². The minimum Gasteiger partial charge on any atom is -0.350 e. The number of hydrogen-bond donors (Lipinski definition) is 1. The van der Waals surface area contributed by atoms with Crippen LogP contribution in [0.2, 0.25) is 0 Å². The van der Waals surface area contributed by atoms with Crippen LogP contribution in [0.3, 0.4) is 0 Å². The van der Waals surface area contributed by atoms with E-state index in [-0.39, 0.29) is 11.4 Å². The number of carbonyl (C=O) groups excluding carboxylic acids is 1. The highest BCUT2D eigenvalue weighted by molar-refractivity contribution is 5.87. The van der Waals surface area contributed by atoms with E-state index in [0.29, 0.717) is 18.8 Å². The Labute approximate surface area is 98.2 Å². The first-order chi connectivity index (χ1) is 7.41. The second-order valence-electron chi connectivity index (χ2n) is 5.43. The molecule has 1 rings (SSSR count). The van der Waals surface area contributed by atoms with E-state index in [1.54, 1.807) is 0 Å². The summed E-state index contributed by atoms with van der Waals surface area (Å²) in [6.45, 7) is 8.25. The lowest BCUT2D eigenvalue weighted by Crippen LogP contribution is -2.55. The molecule has 0 aromatic heterocycles. The Balaban J connectivity index is 2.69. The van der Waals surface area contributed by atoms with Gasteiger partial charge in [-0.25, -0.2) is 0 Å². The van der Waals surface area contributed by atoms with E-state index in [4.69, 9.17) is 5.26 Å². The SMILES string of the molecule is CCC(C)(CC)NC(=O)C1(C#N)CC(C)C1. The molecule has 1 N–H and O–H groups in total. The second-order valence-corrected chi connectivity index (χ2v) is 5.43. The summed E-state index contributed by atoms with van der Waals surface area (Å²) < 4.78 is 0. The Hall–Kier alpha value is -1.04. The predicted octanol–water partition coefficient (Wildman–Crippen LogP) is 2.62. The third-order valence-electron chi connectivity index (χ3n) is 4.02. The molecule has 1 saturated carbocycles. The van der Waals surface area contributed by atoms with Gasteiger partial charge in [-0.1, -0.05) is 20.8 Å². The van der Waals surface area contributed by atoms with Crippen molar-refractivity contribution in [3.63, 3.8) is 0 Å². The van der Waals surface area contributed by atoms with E-state index in [1.165, 1.54) is 0 Å². The van der Waals surface area contributed by atoms with E-state index in [9.17, 15) is 4.79 Å². The van der Waals surface area contributed by atoms with Gasteiger partial charge < -0.3 is 5.32 Å². The van der Waals surface area contributed by atoms with Crippen LogP contribution in [0.5, 0.6) is 0 Å². The first kappa shape index (κ1) is 13.0. The van der Waals surface area contributed by atoms with Gasteiger partial charge in [-0.15, -0.1) is 0 Å². The van der Waals surface area contributed by atoms with Crippen molar-refractivity contribution in [1.29, 1.82) is 5.26 Å². The molecule has 0 aliphatic heterocycles.